The molecule has 1 saturated heterocycles. The standard InChI is InChI=1S/C32H26Cl2F3N7O3S2/c33-22-9-12-26(25(34)16-22)44-30(27-13-11-23(48-27)10-6-20-4-7-21(8-5-20)32(35,36)37)24(17-40-49(46,47)28-18-38-19-39-28)29(41-44)31(45)42-43-14-2-1-3-15-43/h4-5,7-9,11-13,16,18-19,40H,1-3,14-15,17H2,(H,38,39)(H,42,45). The minimum Gasteiger partial charge on any atom is -0.335 e. The molecule has 1 aliphatic heterocycles. The molecule has 17 heteroatoms. The molecule has 1 aliphatic rings. The molecule has 0 bridgehead atoms. The van der Waals surface area contributed by atoms with Crippen LogP contribution in [0.1, 0.15) is 51.3 Å². The van der Waals surface area contributed by atoms with E-state index in [1.165, 1.54) is 40.5 Å². The van der Waals surface area contributed by atoms with E-state index in [1.807, 2.05) is 0 Å². The molecule has 3 aromatic heterocycles. The Labute approximate surface area is 293 Å². The third-order valence-electron chi connectivity index (χ3n) is 7.54. The first-order chi connectivity index (χ1) is 23.4. The summed E-state index contributed by atoms with van der Waals surface area (Å²) in [6.07, 6.45) is 0.787. The van der Waals surface area contributed by atoms with Crippen LogP contribution in [-0.4, -0.2) is 52.2 Å². The van der Waals surface area contributed by atoms with Crippen LogP contribution < -0.4 is 10.1 Å². The van der Waals surface area contributed by atoms with Gasteiger partial charge in [0.25, 0.3) is 15.9 Å². The van der Waals surface area contributed by atoms with Crippen LogP contribution in [0.2, 0.25) is 10.0 Å². The number of carbonyl (C=O) groups excluding carboxylic acids is 1. The van der Waals surface area contributed by atoms with Crippen LogP contribution in [0.5, 0.6) is 0 Å². The summed E-state index contributed by atoms with van der Waals surface area (Å²) in [5.41, 5.74) is 3.48. The number of hydrogen-bond donors (Lipinski definition) is 3. The van der Waals surface area contributed by atoms with Gasteiger partial charge in [-0.25, -0.2) is 27.8 Å². The first-order valence-corrected chi connectivity index (χ1v) is 17.9. The number of halogens is 5. The fourth-order valence-electron chi connectivity index (χ4n) is 5.13. The van der Waals surface area contributed by atoms with E-state index in [1.54, 1.807) is 29.3 Å². The molecule has 0 unspecified atom stereocenters. The lowest BCUT2D eigenvalue weighted by molar-refractivity contribution is -0.137. The Bertz CT molecular complexity index is 2150. The van der Waals surface area contributed by atoms with E-state index < -0.39 is 27.7 Å². The summed E-state index contributed by atoms with van der Waals surface area (Å²) in [6, 6.07) is 12.7. The zero-order chi connectivity index (χ0) is 34.8. The third kappa shape index (κ3) is 8.01. The van der Waals surface area contributed by atoms with Crippen LogP contribution in [0.15, 0.2) is 72.1 Å². The number of hydrazine groups is 1. The zero-order valence-corrected chi connectivity index (χ0v) is 28.5. The lowest BCUT2D eigenvalue weighted by atomic mass is 10.1. The number of piperidine rings is 1. The highest BCUT2D eigenvalue weighted by molar-refractivity contribution is 7.89. The van der Waals surface area contributed by atoms with E-state index in [0.717, 1.165) is 37.6 Å². The normalized spacial score (nSPS) is 14.0. The third-order valence-corrected chi connectivity index (χ3v) is 10.4. The summed E-state index contributed by atoms with van der Waals surface area (Å²) >= 11 is 14.0. The summed E-state index contributed by atoms with van der Waals surface area (Å²) in [4.78, 5) is 21.3. The Balaban J connectivity index is 1.44. The predicted molar refractivity (Wildman–Crippen MR) is 180 cm³/mol. The fourth-order valence-corrected chi connectivity index (χ4v) is 7.43. The summed E-state index contributed by atoms with van der Waals surface area (Å²) in [5, 5.41) is 6.91. The summed E-state index contributed by atoms with van der Waals surface area (Å²) in [6.45, 7) is 0.959. The highest BCUT2D eigenvalue weighted by atomic mass is 35.5. The molecule has 1 fully saturated rings. The van der Waals surface area contributed by atoms with Crippen molar-refractivity contribution in [2.75, 3.05) is 13.1 Å². The SMILES string of the molecule is O=C(NN1CCCCC1)c1nn(-c2ccc(Cl)cc2Cl)c(-c2ccc(C#Cc3ccc(C(F)(F)F)cc3)s2)c1CNS(=O)(=O)c1cnc[nH]1. The highest BCUT2D eigenvalue weighted by Gasteiger charge is 2.31. The first kappa shape index (κ1) is 34.7. The quantitative estimate of drug-likeness (QED) is 0.153. The highest BCUT2D eigenvalue weighted by Crippen LogP contribution is 2.37. The maximum atomic E-state index is 13.8. The maximum absolute atomic E-state index is 13.8. The largest absolute Gasteiger partial charge is 0.416 e. The van der Waals surface area contributed by atoms with Crippen LogP contribution in [0.4, 0.5) is 13.2 Å². The molecule has 10 nitrogen and oxygen atoms in total. The van der Waals surface area contributed by atoms with Crippen molar-refractivity contribution >= 4 is 50.5 Å². The molecule has 0 atom stereocenters. The number of amides is 1. The summed E-state index contributed by atoms with van der Waals surface area (Å²) in [7, 11) is -4.08. The molecule has 2 aromatic carbocycles. The number of alkyl halides is 3. The van der Waals surface area contributed by atoms with Gasteiger partial charge in [0, 0.05) is 35.8 Å². The minimum atomic E-state index is -4.46. The van der Waals surface area contributed by atoms with Crippen molar-refractivity contribution in [3.8, 4) is 28.1 Å². The zero-order valence-electron chi connectivity index (χ0n) is 25.3. The van der Waals surface area contributed by atoms with Crippen molar-refractivity contribution in [1.82, 2.24) is 34.9 Å². The van der Waals surface area contributed by atoms with Gasteiger partial charge in [-0.2, -0.15) is 18.3 Å². The van der Waals surface area contributed by atoms with Gasteiger partial charge in [-0.1, -0.05) is 41.5 Å². The van der Waals surface area contributed by atoms with Crippen molar-refractivity contribution in [2.24, 2.45) is 0 Å². The number of nitrogens with one attached hydrogen (secondary N) is 3. The molecule has 0 spiro atoms. The van der Waals surface area contributed by atoms with E-state index in [0.29, 0.717) is 44.8 Å². The molecular weight excluding hydrogens is 722 g/mol. The molecular formula is C32H26Cl2F3N7O3S2. The number of aromatic nitrogens is 4. The van der Waals surface area contributed by atoms with Gasteiger partial charge in [-0.05, 0) is 67.4 Å². The second-order valence-corrected chi connectivity index (χ2v) is 14.6. The van der Waals surface area contributed by atoms with Gasteiger partial charge in [-0.15, -0.1) is 11.3 Å². The van der Waals surface area contributed by atoms with Crippen LogP contribution in [0, 0.1) is 11.8 Å². The van der Waals surface area contributed by atoms with E-state index >= 15 is 0 Å². The monoisotopic (exact) mass is 747 g/mol. The lowest BCUT2D eigenvalue weighted by Crippen LogP contribution is -2.45. The van der Waals surface area contributed by atoms with Gasteiger partial charge in [0.1, 0.15) is 0 Å². The number of aromatic amines is 1. The van der Waals surface area contributed by atoms with Crippen molar-refractivity contribution in [2.45, 2.75) is 37.0 Å². The smallest absolute Gasteiger partial charge is 0.335 e. The van der Waals surface area contributed by atoms with Gasteiger partial charge in [0.05, 0.1) is 44.2 Å². The van der Waals surface area contributed by atoms with E-state index in [4.69, 9.17) is 23.2 Å². The van der Waals surface area contributed by atoms with Crippen molar-refractivity contribution in [3.63, 3.8) is 0 Å². The van der Waals surface area contributed by atoms with E-state index in [9.17, 15) is 26.4 Å². The second-order valence-electron chi connectivity index (χ2n) is 10.9. The number of nitrogens with zero attached hydrogens (tertiary/aromatic N) is 4. The maximum Gasteiger partial charge on any atom is 0.416 e. The van der Waals surface area contributed by atoms with Crippen LogP contribution in [0.25, 0.3) is 16.3 Å². The number of H-pyrrole nitrogens is 1. The number of thiophene rings is 1. The van der Waals surface area contributed by atoms with E-state index in [-0.39, 0.29) is 27.9 Å². The van der Waals surface area contributed by atoms with Gasteiger partial charge >= 0.3 is 6.18 Å². The van der Waals surface area contributed by atoms with E-state index in [2.05, 4.69) is 37.1 Å². The van der Waals surface area contributed by atoms with Crippen molar-refractivity contribution < 1.29 is 26.4 Å². The van der Waals surface area contributed by atoms with Gasteiger partial charge in [0.15, 0.2) is 10.7 Å². The molecule has 49 heavy (non-hydrogen) atoms. The number of carbonyl (C=O) groups is 1. The molecule has 3 N–H and O–H groups in total. The first-order valence-electron chi connectivity index (χ1n) is 14.8. The molecule has 254 valence electrons. The van der Waals surface area contributed by atoms with Gasteiger partial charge in [-0.3, -0.25) is 10.2 Å². The number of imidazole rings is 1. The molecule has 0 saturated carbocycles. The summed E-state index contributed by atoms with van der Waals surface area (Å²) in [5.74, 6) is 5.31. The summed E-state index contributed by atoms with van der Waals surface area (Å²) < 4.78 is 69.3. The van der Waals surface area contributed by atoms with Crippen molar-refractivity contribution in [1.29, 1.82) is 0 Å². The van der Waals surface area contributed by atoms with Gasteiger partial charge in [0.2, 0.25) is 0 Å². The minimum absolute atomic E-state index is 0.0373. The second kappa shape index (κ2) is 14.4. The number of hydrogen-bond acceptors (Lipinski definition) is 7. The number of sulfonamides is 1. The molecule has 6 rings (SSSR count). The Morgan fingerprint density at radius 2 is 1.78 bits per heavy atom. The Morgan fingerprint density at radius 3 is 2.45 bits per heavy atom. The number of rotatable bonds is 8. The van der Waals surface area contributed by atoms with Crippen LogP contribution in [-0.2, 0) is 22.7 Å². The average molecular weight is 749 g/mol. The van der Waals surface area contributed by atoms with Crippen LogP contribution in [0.3, 0.4) is 0 Å². The number of benzene rings is 2. The Hall–Kier alpha value is -4.17. The van der Waals surface area contributed by atoms with Crippen molar-refractivity contribution in [3.05, 3.63) is 104 Å². The topological polar surface area (TPSA) is 125 Å². The lowest BCUT2D eigenvalue weighted by Gasteiger charge is -2.26. The molecule has 0 radical (unpaired) electrons. The Kier molecular flexibility index (Phi) is 10.2. The molecule has 0 aliphatic carbocycles. The van der Waals surface area contributed by atoms with Crippen LogP contribution >= 0.6 is 34.5 Å². The molecule has 5 aromatic rings. The Morgan fingerprint density at radius 1 is 1.02 bits per heavy atom. The van der Waals surface area contributed by atoms with Gasteiger partial charge < -0.3 is 4.98 Å². The predicted octanol–water partition coefficient (Wildman–Crippen LogP) is 6.66. The molecule has 1 amide bonds. The molecule has 4 heterocycles. The fraction of sp³-hybridized carbons (Fsp3) is 0.219. The average Bonchev–Trinajstić information content (AvgIpc) is 3.84.